The number of hydrogen-bond donors (Lipinski definition) is 2. The van der Waals surface area contributed by atoms with Crippen molar-refractivity contribution in [2.75, 3.05) is 13.1 Å². The number of hydrogen-bond acceptors (Lipinski definition) is 3. The molecule has 0 aromatic heterocycles. The van der Waals surface area contributed by atoms with Crippen molar-refractivity contribution < 1.29 is 9.84 Å². The fourth-order valence-electron chi connectivity index (χ4n) is 2.06. The van der Waals surface area contributed by atoms with Gasteiger partial charge >= 0.3 is 0 Å². The lowest BCUT2D eigenvalue weighted by atomic mass is 9.92. The summed E-state index contributed by atoms with van der Waals surface area (Å²) in [5, 5.41) is 13.9. The number of rotatable bonds is 8. The predicted octanol–water partition coefficient (Wildman–Crippen LogP) is 2.83. The standard InChI is InChI=1S/C16H25NO2/c1-3-10-17-11-9-16(2,18)13-5-4-6-15(12-13)19-14-7-8-14/h4-6,12,14,17-18H,3,7-11H2,1-2H3. The maximum absolute atomic E-state index is 10.6. The zero-order valence-corrected chi connectivity index (χ0v) is 12.0. The first kappa shape index (κ1) is 14.4. The smallest absolute Gasteiger partial charge is 0.120 e. The lowest BCUT2D eigenvalue weighted by Gasteiger charge is -2.24. The van der Waals surface area contributed by atoms with Crippen LogP contribution in [0.4, 0.5) is 0 Å². The average molecular weight is 263 g/mol. The van der Waals surface area contributed by atoms with Crippen LogP contribution < -0.4 is 10.1 Å². The van der Waals surface area contributed by atoms with Crippen LogP contribution in [0.25, 0.3) is 0 Å². The Balaban J connectivity index is 1.93. The Hall–Kier alpha value is -1.06. The van der Waals surface area contributed by atoms with E-state index in [0.29, 0.717) is 12.5 Å². The zero-order valence-electron chi connectivity index (χ0n) is 12.0. The molecule has 3 heteroatoms. The van der Waals surface area contributed by atoms with E-state index < -0.39 is 5.60 Å². The molecule has 19 heavy (non-hydrogen) atoms. The number of benzene rings is 1. The molecular weight excluding hydrogens is 238 g/mol. The van der Waals surface area contributed by atoms with Gasteiger partial charge < -0.3 is 15.2 Å². The Morgan fingerprint density at radius 3 is 2.84 bits per heavy atom. The monoisotopic (exact) mass is 263 g/mol. The third kappa shape index (κ3) is 4.51. The zero-order chi connectivity index (χ0) is 13.7. The van der Waals surface area contributed by atoms with Gasteiger partial charge in [-0.05, 0) is 63.4 Å². The van der Waals surface area contributed by atoms with Gasteiger partial charge in [-0.15, -0.1) is 0 Å². The van der Waals surface area contributed by atoms with Gasteiger partial charge in [-0.1, -0.05) is 19.1 Å². The largest absolute Gasteiger partial charge is 0.490 e. The minimum absolute atomic E-state index is 0.395. The molecule has 0 bridgehead atoms. The summed E-state index contributed by atoms with van der Waals surface area (Å²) in [5.41, 5.74) is 0.132. The molecule has 1 aromatic rings. The number of nitrogens with one attached hydrogen (secondary N) is 1. The Labute approximate surface area is 116 Å². The molecule has 0 radical (unpaired) electrons. The summed E-state index contributed by atoms with van der Waals surface area (Å²) in [6, 6.07) is 7.87. The van der Waals surface area contributed by atoms with E-state index in [4.69, 9.17) is 4.74 Å². The van der Waals surface area contributed by atoms with Crippen LogP contribution in [-0.4, -0.2) is 24.3 Å². The summed E-state index contributed by atoms with van der Waals surface area (Å²) in [5.74, 6) is 0.877. The molecule has 1 unspecified atom stereocenters. The number of aliphatic hydroxyl groups is 1. The minimum Gasteiger partial charge on any atom is -0.490 e. The van der Waals surface area contributed by atoms with E-state index in [2.05, 4.69) is 12.2 Å². The molecule has 0 amide bonds. The van der Waals surface area contributed by atoms with E-state index in [0.717, 1.165) is 43.7 Å². The first-order valence-electron chi connectivity index (χ1n) is 7.32. The van der Waals surface area contributed by atoms with Crippen LogP contribution in [0.15, 0.2) is 24.3 Å². The lowest BCUT2D eigenvalue weighted by Crippen LogP contribution is -2.28. The molecule has 1 saturated carbocycles. The molecule has 0 saturated heterocycles. The van der Waals surface area contributed by atoms with E-state index in [1.54, 1.807) is 0 Å². The fourth-order valence-corrected chi connectivity index (χ4v) is 2.06. The summed E-state index contributed by atoms with van der Waals surface area (Å²) in [7, 11) is 0. The van der Waals surface area contributed by atoms with Crippen molar-refractivity contribution in [1.29, 1.82) is 0 Å². The molecule has 1 fully saturated rings. The lowest BCUT2D eigenvalue weighted by molar-refractivity contribution is 0.0477. The maximum atomic E-state index is 10.6. The molecule has 1 aliphatic rings. The van der Waals surface area contributed by atoms with E-state index in [1.807, 2.05) is 31.2 Å². The molecule has 106 valence electrons. The van der Waals surface area contributed by atoms with Crippen LogP contribution >= 0.6 is 0 Å². The summed E-state index contributed by atoms with van der Waals surface area (Å²) >= 11 is 0. The molecule has 0 aliphatic heterocycles. The van der Waals surface area contributed by atoms with Gasteiger partial charge in [0, 0.05) is 0 Å². The molecular formula is C16H25NO2. The van der Waals surface area contributed by atoms with Crippen molar-refractivity contribution in [2.24, 2.45) is 0 Å². The predicted molar refractivity (Wildman–Crippen MR) is 77.4 cm³/mol. The van der Waals surface area contributed by atoms with Crippen molar-refractivity contribution in [1.82, 2.24) is 5.32 Å². The van der Waals surface area contributed by atoms with Gasteiger partial charge in [0.25, 0.3) is 0 Å². The number of ether oxygens (including phenoxy) is 1. The minimum atomic E-state index is -0.802. The molecule has 1 atom stereocenters. The second-order valence-electron chi connectivity index (χ2n) is 5.62. The summed E-state index contributed by atoms with van der Waals surface area (Å²) < 4.78 is 5.78. The summed E-state index contributed by atoms with van der Waals surface area (Å²) in [4.78, 5) is 0. The van der Waals surface area contributed by atoms with Crippen molar-refractivity contribution in [3.63, 3.8) is 0 Å². The van der Waals surface area contributed by atoms with Crippen LogP contribution in [0.3, 0.4) is 0 Å². The van der Waals surface area contributed by atoms with Gasteiger partial charge in [0.05, 0.1) is 11.7 Å². The highest BCUT2D eigenvalue weighted by Gasteiger charge is 2.26. The van der Waals surface area contributed by atoms with Gasteiger partial charge in [-0.2, -0.15) is 0 Å². The molecule has 0 spiro atoms. The Kier molecular flexibility index (Phi) is 4.83. The first-order chi connectivity index (χ1) is 9.12. The normalized spacial score (nSPS) is 18.1. The van der Waals surface area contributed by atoms with Crippen molar-refractivity contribution >= 4 is 0 Å². The third-order valence-corrected chi connectivity index (χ3v) is 3.50. The van der Waals surface area contributed by atoms with Crippen molar-refractivity contribution in [3.05, 3.63) is 29.8 Å². The van der Waals surface area contributed by atoms with Crippen LogP contribution in [0, 0.1) is 0 Å². The van der Waals surface area contributed by atoms with E-state index >= 15 is 0 Å². The Morgan fingerprint density at radius 2 is 2.16 bits per heavy atom. The molecule has 3 nitrogen and oxygen atoms in total. The summed E-state index contributed by atoms with van der Waals surface area (Å²) in [6.45, 7) is 5.84. The second-order valence-corrected chi connectivity index (χ2v) is 5.62. The fraction of sp³-hybridized carbons (Fsp3) is 0.625. The molecule has 1 aliphatic carbocycles. The Bertz CT molecular complexity index is 399. The van der Waals surface area contributed by atoms with E-state index in [1.165, 1.54) is 0 Å². The van der Waals surface area contributed by atoms with Crippen LogP contribution in [0.1, 0.15) is 45.1 Å². The first-order valence-corrected chi connectivity index (χ1v) is 7.32. The van der Waals surface area contributed by atoms with Crippen molar-refractivity contribution in [2.45, 2.75) is 51.2 Å². The average Bonchev–Trinajstić information content (AvgIpc) is 3.19. The van der Waals surface area contributed by atoms with Crippen LogP contribution in [0.2, 0.25) is 0 Å². The van der Waals surface area contributed by atoms with Gasteiger partial charge in [-0.25, -0.2) is 0 Å². The highest BCUT2D eigenvalue weighted by atomic mass is 16.5. The van der Waals surface area contributed by atoms with E-state index in [-0.39, 0.29) is 0 Å². The SMILES string of the molecule is CCCNCCC(C)(O)c1cccc(OC2CC2)c1. The summed E-state index contributed by atoms with van der Waals surface area (Å²) in [6.07, 6.45) is 4.53. The van der Waals surface area contributed by atoms with Gasteiger partial charge in [0.1, 0.15) is 5.75 Å². The van der Waals surface area contributed by atoms with Crippen LogP contribution in [0.5, 0.6) is 5.75 Å². The van der Waals surface area contributed by atoms with Gasteiger partial charge in [0.15, 0.2) is 0 Å². The van der Waals surface area contributed by atoms with Gasteiger partial charge in [-0.3, -0.25) is 0 Å². The molecule has 1 aromatic carbocycles. The quantitative estimate of drug-likeness (QED) is 0.709. The maximum Gasteiger partial charge on any atom is 0.120 e. The Morgan fingerprint density at radius 1 is 1.37 bits per heavy atom. The van der Waals surface area contributed by atoms with Crippen LogP contribution in [-0.2, 0) is 5.60 Å². The third-order valence-electron chi connectivity index (χ3n) is 3.50. The molecule has 2 rings (SSSR count). The second kappa shape index (κ2) is 6.40. The highest BCUT2D eigenvalue weighted by molar-refractivity contribution is 5.32. The molecule has 0 heterocycles. The van der Waals surface area contributed by atoms with Gasteiger partial charge in [0.2, 0.25) is 0 Å². The topological polar surface area (TPSA) is 41.5 Å². The van der Waals surface area contributed by atoms with E-state index in [9.17, 15) is 5.11 Å². The molecule has 2 N–H and O–H groups in total. The highest BCUT2D eigenvalue weighted by Crippen LogP contribution is 2.31. The van der Waals surface area contributed by atoms with Crippen molar-refractivity contribution in [3.8, 4) is 5.75 Å².